The fourth-order valence-corrected chi connectivity index (χ4v) is 3.19. The number of benzene rings is 1. The topological polar surface area (TPSA) is 87.3 Å². The number of hydrogen-bond acceptors (Lipinski definition) is 4. The highest BCUT2D eigenvalue weighted by molar-refractivity contribution is 7.91. The summed E-state index contributed by atoms with van der Waals surface area (Å²) in [5.74, 6) is -0.127. The Bertz CT molecular complexity index is 656. The number of thiocarbonyl (C=S) groups is 1. The Morgan fingerprint density at radius 1 is 1.17 bits per heavy atom. The van der Waals surface area contributed by atoms with E-state index < -0.39 is 15.7 Å². The van der Waals surface area contributed by atoms with Gasteiger partial charge in [-0.25, -0.2) is 8.42 Å². The van der Waals surface area contributed by atoms with Gasteiger partial charge in [0, 0.05) is 13.0 Å². The highest BCUT2D eigenvalue weighted by Crippen LogP contribution is 2.12. The van der Waals surface area contributed by atoms with Crippen LogP contribution in [0.3, 0.4) is 0 Å². The van der Waals surface area contributed by atoms with Crippen molar-refractivity contribution in [2.45, 2.75) is 38.5 Å². The molecule has 1 rings (SSSR count). The lowest BCUT2D eigenvalue weighted by Gasteiger charge is -2.12. The van der Waals surface area contributed by atoms with Gasteiger partial charge in [-0.05, 0) is 43.6 Å². The Morgan fingerprint density at radius 2 is 1.79 bits per heavy atom. The van der Waals surface area contributed by atoms with Crippen molar-refractivity contribution in [3.63, 3.8) is 0 Å². The molecule has 0 bridgehead atoms. The molecule has 0 unspecified atom stereocenters. The lowest BCUT2D eigenvalue weighted by molar-refractivity contribution is -0.121. The number of sulfone groups is 1. The molecule has 0 aliphatic rings. The fraction of sp³-hybridized carbons (Fsp3) is 0.500. The Labute approximate surface area is 149 Å². The molecule has 0 saturated carbocycles. The SMILES string of the molecule is Cc1ccc(S(=O)(=O)CCC(=O)NNC(=S)NCCC(C)C)cc1. The summed E-state index contributed by atoms with van der Waals surface area (Å²) >= 11 is 5.02. The molecule has 0 heterocycles. The summed E-state index contributed by atoms with van der Waals surface area (Å²) in [5.41, 5.74) is 5.94. The molecule has 134 valence electrons. The van der Waals surface area contributed by atoms with Crippen molar-refractivity contribution < 1.29 is 13.2 Å². The lowest BCUT2D eigenvalue weighted by atomic mass is 10.1. The second-order valence-corrected chi connectivity index (χ2v) is 8.51. The molecule has 1 amide bonds. The van der Waals surface area contributed by atoms with E-state index in [2.05, 4.69) is 30.0 Å². The van der Waals surface area contributed by atoms with Crippen LogP contribution >= 0.6 is 12.2 Å². The van der Waals surface area contributed by atoms with Gasteiger partial charge in [-0.1, -0.05) is 31.5 Å². The van der Waals surface area contributed by atoms with Gasteiger partial charge >= 0.3 is 0 Å². The minimum absolute atomic E-state index is 0.141. The van der Waals surface area contributed by atoms with Crippen LogP contribution in [-0.4, -0.2) is 31.7 Å². The van der Waals surface area contributed by atoms with Crippen molar-refractivity contribution in [1.82, 2.24) is 16.2 Å². The van der Waals surface area contributed by atoms with Gasteiger partial charge in [-0.15, -0.1) is 0 Å². The highest BCUT2D eigenvalue weighted by atomic mass is 32.2. The number of carbonyl (C=O) groups is 1. The van der Waals surface area contributed by atoms with Crippen LogP contribution in [0, 0.1) is 12.8 Å². The van der Waals surface area contributed by atoms with Crippen molar-refractivity contribution in [2.24, 2.45) is 5.92 Å². The maximum Gasteiger partial charge on any atom is 0.239 e. The molecule has 0 aliphatic heterocycles. The molecule has 0 fully saturated rings. The van der Waals surface area contributed by atoms with Gasteiger partial charge in [-0.2, -0.15) is 0 Å². The molecule has 0 spiro atoms. The molecule has 24 heavy (non-hydrogen) atoms. The van der Waals surface area contributed by atoms with E-state index in [9.17, 15) is 13.2 Å². The van der Waals surface area contributed by atoms with E-state index in [0.29, 0.717) is 17.6 Å². The molecule has 6 nitrogen and oxygen atoms in total. The summed E-state index contributed by atoms with van der Waals surface area (Å²) in [6.45, 7) is 6.80. The third kappa shape index (κ3) is 7.74. The fourth-order valence-electron chi connectivity index (χ4n) is 1.80. The average Bonchev–Trinajstić information content (AvgIpc) is 2.51. The van der Waals surface area contributed by atoms with Crippen molar-refractivity contribution in [2.75, 3.05) is 12.3 Å². The summed E-state index contributed by atoms with van der Waals surface area (Å²) in [6.07, 6.45) is 0.822. The molecule has 0 atom stereocenters. The molecule has 1 aromatic carbocycles. The van der Waals surface area contributed by atoms with Gasteiger partial charge < -0.3 is 5.32 Å². The zero-order valence-corrected chi connectivity index (χ0v) is 15.9. The minimum atomic E-state index is -3.47. The van der Waals surface area contributed by atoms with Gasteiger partial charge in [-0.3, -0.25) is 15.6 Å². The number of hydrazine groups is 1. The van der Waals surface area contributed by atoms with Gasteiger partial charge in [0.25, 0.3) is 0 Å². The van der Waals surface area contributed by atoms with Crippen LogP contribution < -0.4 is 16.2 Å². The summed E-state index contributed by atoms with van der Waals surface area (Å²) in [5, 5.41) is 3.27. The molecule has 3 N–H and O–H groups in total. The highest BCUT2D eigenvalue weighted by Gasteiger charge is 2.16. The van der Waals surface area contributed by atoms with E-state index in [1.165, 1.54) is 0 Å². The van der Waals surface area contributed by atoms with E-state index in [0.717, 1.165) is 12.0 Å². The largest absolute Gasteiger partial charge is 0.361 e. The summed E-state index contributed by atoms with van der Waals surface area (Å²) in [4.78, 5) is 12.0. The second-order valence-electron chi connectivity index (χ2n) is 5.99. The van der Waals surface area contributed by atoms with E-state index in [1.807, 2.05) is 6.92 Å². The Balaban J connectivity index is 2.35. The monoisotopic (exact) mass is 371 g/mol. The average molecular weight is 372 g/mol. The first-order valence-electron chi connectivity index (χ1n) is 7.83. The van der Waals surface area contributed by atoms with Crippen LogP contribution in [0.15, 0.2) is 29.2 Å². The predicted octanol–water partition coefficient (Wildman–Crippen LogP) is 1.70. The first-order valence-corrected chi connectivity index (χ1v) is 9.89. The summed E-state index contributed by atoms with van der Waals surface area (Å²) < 4.78 is 24.3. The number of aryl methyl sites for hydroxylation is 1. The smallest absolute Gasteiger partial charge is 0.239 e. The first kappa shape index (κ1) is 20.4. The van der Waals surface area contributed by atoms with E-state index in [-0.39, 0.29) is 17.1 Å². The van der Waals surface area contributed by atoms with Gasteiger partial charge in [0.15, 0.2) is 14.9 Å². The first-order chi connectivity index (χ1) is 11.2. The zero-order valence-electron chi connectivity index (χ0n) is 14.3. The Kier molecular flexibility index (Phi) is 8.14. The molecular formula is C16H25N3O3S2. The van der Waals surface area contributed by atoms with Crippen LogP contribution in [-0.2, 0) is 14.6 Å². The van der Waals surface area contributed by atoms with Crippen LogP contribution in [0.1, 0.15) is 32.3 Å². The van der Waals surface area contributed by atoms with Gasteiger partial charge in [0.1, 0.15) is 0 Å². The minimum Gasteiger partial charge on any atom is -0.361 e. The Morgan fingerprint density at radius 3 is 2.38 bits per heavy atom. The number of hydrogen-bond donors (Lipinski definition) is 3. The van der Waals surface area contributed by atoms with Gasteiger partial charge in [0.2, 0.25) is 5.91 Å². The van der Waals surface area contributed by atoms with Crippen molar-refractivity contribution >= 4 is 33.1 Å². The zero-order chi connectivity index (χ0) is 18.2. The summed E-state index contributed by atoms with van der Waals surface area (Å²) in [7, 11) is -3.47. The predicted molar refractivity (Wildman–Crippen MR) is 99.2 cm³/mol. The van der Waals surface area contributed by atoms with Crippen LogP contribution in [0.5, 0.6) is 0 Å². The van der Waals surface area contributed by atoms with Crippen molar-refractivity contribution in [3.05, 3.63) is 29.8 Å². The van der Waals surface area contributed by atoms with Crippen LogP contribution in [0.2, 0.25) is 0 Å². The third-order valence-electron chi connectivity index (χ3n) is 3.30. The second kappa shape index (κ2) is 9.58. The number of rotatable bonds is 7. The van der Waals surface area contributed by atoms with Crippen LogP contribution in [0.4, 0.5) is 0 Å². The quantitative estimate of drug-likeness (QED) is 0.500. The standard InChI is InChI=1S/C16H25N3O3S2/c1-12(2)8-10-17-16(23)19-18-15(20)9-11-24(21,22)14-6-4-13(3)5-7-14/h4-7,12H,8-11H2,1-3H3,(H,18,20)(H2,17,19,23). The van der Waals surface area contributed by atoms with E-state index in [1.54, 1.807) is 24.3 Å². The number of carbonyl (C=O) groups excluding carboxylic acids is 1. The number of amides is 1. The van der Waals surface area contributed by atoms with Gasteiger partial charge in [0.05, 0.1) is 10.6 Å². The Hall–Kier alpha value is -1.67. The molecule has 8 heteroatoms. The summed E-state index contributed by atoms with van der Waals surface area (Å²) in [6, 6.07) is 6.56. The van der Waals surface area contributed by atoms with Crippen molar-refractivity contribution in [1.29, 1.82) is 0 Å². The molecule has 0 radical (unpaired) electrons. The number of nitrogens with one attached hydrogen (secondary N) is 3. The maximum absolute atomic E-state index is 12.2. The van der Waals surface area contributed by atoms with E-state index >= 15 is 0 Å². The molecule has 0 aliphatic carbocycles. The lowest BCUT2D eigenvalue weighted by Crippen LogP contribution is -2.47. The molecule has 0 aromatic heterocycles. The third-order valence-corrected chi connectivity index (χ3v) is 5.28. The maximum atomic E-state index is 12.2. The van der Waals surface area contributed by atoms with Crippen LogP contribution in [0.25, 0.3) is 0 Å². The normalized spacial score (nSPS) is 11.2. The molecule has 1 aromatic rings. The van der Waals surface area contributed by atoms with Crippen molar-refractivity contribution in [3.8, 4) is 0 Å². The molecular weight excluding hydrogens is 346 g/mol. The molecule has 0 saturated heterocycles. The van der Waals surface area contributed by atoms with E-state index in [4.69, 9.17) is 12.2 Å².